The fraction of sp³-hybridized carbons (Fsp3) is 0.0952. The molecule has 5 heteroatoms. The standard InChI is InChI=1S/C21H17N3O2/c1-14-8-9-22-18-7-5-16(11-17(14)18)21(25)24-13-15-4-6-19(23-12-15)20-3-2-10-26-20/h2-12H,13H2,1H3,(H,24,25). The van der Waals surface area contributed by atoms with Gasteiger partial charge in [-0.3, -0.25) is 14.8 Å². The number of rotatable bonds is 4. The third-order valence-corrected chi connectivity index (χ3v) is 4.27. The summed E-state index contributed by atoms with van der Waals surface area (Å²) in [6, 6.07) is 15.0. The van der Waals surface area contributed by atoms with E-state index in [1.54, 1.807) is 24.7 Å². The van der Waals surface area contributed by atoms with Crippen molar-refractivity contribution in [3.63, 3.8) is 0 Å². The first-order chi connectivity index (χ1) is 12.7. The lowest BCUT2D eigenvalue weighted by Crippen LogP contribution is -2.22. The van der Waals surface area contributed by atoms with Crippen LogP contribution in [-0.4, -0.2) is 15.9 Å². The van der Waals surface area contributed by atoms with E-state index in [1.807, 2.05) is 49.4 Å². The number of hydrogen-bond donors (Lipinski definition) is 1. The third kappa shape index (κ3) is 3.19. The Labute approximate surface area is 150 Å². The number of carbonyl (C=O) groups is 1. The monoisotopic (exact) mass is 343 g/mol. The lowest BCUT2D eigenvalue weighted by atomic mass is 10.1. The largest absolute Gasteiger partial charge is 0.463 e. The molecule has 5 nitrogen and oxygen atoms in total. The summed E-state index contributed by atoms with van der Waals surface area (Å²) in [5.74, 6) is 0.603. The van der Waals surface area contributed by atoms with Crippen molar-refractivity contribution < 1.29 is 9.21 Å². The van der Waals surface area contributed by atoms with Crippen LogP contribution >= 0.6 is 0 Å². The second kappa shape index (κ2) is 6.80. The SMILES string of the molecule is Cc1ccnc2ccc(C(=O)NCc3ccc(-c4ccco4)nc3)cc12. The van der Waals surface area contributed by atoms with E-state index in [2.05, 4.69) is 15.3 Å². The zero-order valence-electron chi connectivity index (χ0n) is 14.3. The van der Waals surface area contributed by atoms with Crippen LogP contribution in [-0.2, 0) is 6.54 Å². The number of furan rings is 1. The third-order valence-electron chi connectivity index (χ3n) is 4.27. The van der Waals surface area contributed by atoms with Crippen molar-refractivity contribution in [2.24, 2.45) is 0 Å². The molecule has 26 heavy (non-hydrogen) atoms. The Kier molecular flexibility index (Phi) is 4.19. The molecule has 0 saturated carbocycles. The number of nitrogens with one attached hydrogen (secondary N) is 1. The number of aromatic nitrogens is 2. The van der Waals surface area contributed by atoms with E-state index in [9.17, 15) is 4.79 Å². The average molecular weight is 343 g/mol. The van der Waals surface area contributed by atoms with E-state index in [1.165, 1.54) is 0 Å². The van der Waals surface area contributed by atoms with Crippen molar-refractivity contribution in [2.45, 2.75) is 13.5 Å². The van der Waals surface area contributed by atoms with Gasteiger partial charge in [-0.05, 0) is 60.5 Å². The van der Waals surface area contributed by atoms with E-state index < -0.39 is 0 Å². The Hall–Kier alpha value is -3.47. The highest BCUT2D eigenvalue weighted by Crippen LogP contribution is 2.19. The molecule has 0 saturated heterocycles. The number of pyridine rings is 2. The van der Waals surface area contributed by atoms with Crippen LogP contribution in [0.15, 0.2) is 71.6 Å². The van der Waals surface area contributed by atoms with Crippen molar-refractivity contribution in [1.82, 2.24) is 15.3 Å². The number of carbonyl (C=O) groups excluding carboxylic acids is 1. The van der Waals surface area contributed by atoms with E-state index in [-0.39, 0.29) is 5.91 Å². The lowest BCUT2D eigenvalue weighted by Gasteiger charge is -2.07. The molecule has 1 N–H and O–H groups in total. The molecular weight excluding hydrogens is 326 g/mol. The van der Waals surface area contributed by atoms with Gasteiger partial charge in [-0.2, -0.15) is 0 Å². The fourth-order valence-corrected chi connectivity index (χ4v) is 2.81. The highest BCUT2D eigenvalue weighted by atomic mass is 16.3. The maximum Gasteiger partial charge on any atom is 0.251 e. The van der Waals surface area contributed by atoms with E-state index in [0.29, 0.717) is 12.1 Å². The Balaban J connectivity index is 1.46. The normalized spacial score (nSPS) is 10.8. The quantitative estimate of drug-likeness (QED) is 0.605. The molecule has 4 rings (SSSR count). The van der Waals surface area contributed by atoms with Crippen LogP contribution in [0, 0.1) is 6.92 Å². The molecule has 0 atom stereocenters. The highest BCUT2D eigenvalue weighted by Gasteiger charge is 2.08. The van der Waals surface area contributed by atoms with Gasteiger partial charge in [0.15, 0.2) is 5.76 Å². The van der Waals surface area contributed by atoms with Gasteiger partial charge in [-0.25, -0.2) is 0 Å². The molecule has 4 aromatic rings. The van der Waals surface area contributed by atoms with E-state index in [4.69, 9.17) is 4.42 Å². The Morgan fingerprint density at radius 1 is 1.12 bits per heavy atom. The summed E-state index contributed by atoms with van der Waals surface area (Å²) in [6.07, 6.45) is 5.13. The van der Waals surface area contributed by atoms with Crippen molar-refractivity contribution in [3.8, 4) is 11.5 Å². The maximum absolute atomic E-state index is 12.5. The number of benzene rings is 1. The van der Waals surface area contributed by atoms with Gasteiger partial charge in [-0.1, -0.05) is 6.07 Å². The molecule has 0 bridgehead atoms. The Morgan fingerprint density at radius 3 is 2.81 bits per heavy atom. The van der Waals surface area contributed by atoms with Gasteiger partial charge in [0, 0.05) is 29.9 Å². The molecule has 1 aromatic carbocycles. The van der Waals surface area contributed by atoms with Crippen LogP contribution in [0.25, 0.3) is 22.4 Å². The molecule has 1 amide bonds. The predicted molar refractivity (Wildman–Crippen MR) is 99.6 cm³/mol. The molecule has 3 aromatic heterocycles. The van der Waals surface area contributed by atoms with Crippen molar-refractivity contribution in [2.75, 3.05) is 0 Å². The van der Waals surface area contributed by atoms with Gasteiger partial charge in [-0.15, -0.1) is 0 Å². The molecule has 0 aliphatic heterocycles. The average Bonchev–Trinajstić information content (AvgIpc) is 3.21. The van der Waals surface area contributed by atoms with Gasteiger partial charge in [0.05, 0.1) is 11.8 Å². The first kappa shape index (κ1) is 16.0. The van der Waals surface area contributed by atoms with E-state index in [0.717, 1.165) is 33.5 Å². The molecule has 0 spiro atoms. The Bertz CT molecular complexity index is 1050. The number of amides is 1. The van der Waals surface area contributed by atoms with Gasteiger partial charge in [0.25, 0.3) is 5.91 Å². The molecule has 128 valence electrons. The van der Waals surface area contributed by atoms with Gasteiger partial charge >= 0.3 is 0 Å². The first-order valence-electron chi connectivity index (χ1n) is 8.33. The number of fused-ring (bicyclic) bond motifs is 1. The smallest absolute Gasteiger partial charge is 0.251 e. The predicted octanol–water partition coefficient (Wildman–Crippen LogP) is 4.13. The minimum Gasteiger partial charge on any atom is -0.463 e. The number of hydrogen-bond acceptors (Lipinski definition) is 4. The molecule has 0 aliphatic carbocycles. The minimum atomic E-state index is -0.120. The first-order valence-corrected chi connectivity index (χ1v) is 8.33. The summed E-state index contributed by atoms with van der Waals surface area (Å²) in [5.41, 5.74) is 4.30. The van der Waals surface area contributed by atoms with Crippen LogP contribution in [0.5, 0.6) is 0 Å². The molecule has 0 unspecified atom stereocenters. The molecular formula is C21H17N3O2. The lowest BCUT2D eigenvalue weighted by molar-refractivity contribution is 0.0951. The Morgan fingerprint density at radius 2 is 2.04 bits per heavy atom. The minimum absolute atomic E-state index is 0.120. The van der Waals surface area contributed by atoms with Gasteiger partial charge in [0.2, 0.25) is 0 Å². The van der Waals surface area contributed by atoms with Gasteiger partial charge < -0.3 is 9.73 Å². The van der Waals surface area contributed by atoms with E-state index >= 15 is 0 Å². The highest BCUT2D eigenvalue weighted by molar-refractivity contribution is 5.98. The summed E-state index contributed by atoms with van der Waals surface area (Å²) < 4.78 is 5.32. The second-order valence-corrected chi connectivity index (χ2v) is 6.07. The second-order valence-electron chi connectivity index (χ2n) is 6.07. The molecule has 0 fully saturated rings. The van der Waals surface area contributed by atoms with Crippen LogP contribution in [0.1, 0.15) is 21.5 Å². The number of aryl methyl sites for hydroxylation is 1. The summed E-state index contributed by atoms with van der Waals surface area (Å²) in [5, 5.41) is 3.92. The van der Waals surface area contributed by atoms with Crippen molar-refractivity contribution in [3.05, 3.63) is 83.9 Å². The summed E-state index contributed by atoms with van der Waals surface area (Å²) in [7, 11) is 0. The number of nitrogens with zero attached hydrogens (tertiary/aromatic N) is 2. The van der Waals surface area contributed by atoms with Crippen LogP contribution < -0.4 is 5.32 Å². The van der Waals surface area contributed by atoms with Crippen LogP contribution in [0.4, 0.5) is 0 Å². The van der Waals surface area contributed by atoms with Crippen molar-refractivity contribution in [1.29, 1.82) is 0 Å². The topological polar surface area (TPSA) is 68.0 Å². The zero-order chi connectivity index (χ0) is 17.9. The summed E-state index contributed by atoms with van der Waals surface area (Å²) >= 11 is 0. The zero-order valence-corrected chi connectivity index (χ0v) is 14.3. The van der Waals surface area contributed by atoms with Crippen LogP contribution in [0.3, 0.4) is 0 Å². The van der Waals surface area contributed by atoms with Crippen molar-refractivity contribution >= 4 is 16.8 Å². The summed E-state index contributed by atoms with van der Waals surface area (Å²) in [6.45, 7) is 2.42. The molecule has 0 aliphatic rings. The van der Waals surface area contributed by atoms with Crippen LogP contribution in [0.2, 0.25) is 0 Å². The summed E-state index contributed by atoms with van der Waals surface area (Å²) in [4.78, 5) is 21.1. The van der Waals surface area contributed by atoms with Gasteiger partial charge in [0.1, 0.15) is 5.69 Å². The molecule has 0 radical (unpaired) electrons. The molecule has 3 heterocycles. The fourth-order valence-electron chi connectivity index (χ4n) is 2.81. The maximum atomic E-state index is 12.5.